The Balaban J connectivity index is 1.27. The van der Waals surface area contributed by atoms with Gasteiger partial charge in [-0.1, -0.05) is 66.7 Å². The Kier molecular flexibility index (Phi) is 6.76. The van der Waals surface area contributed by atoms with Crippen molar-refractivity contribution in [3.05, 3.63) is 71.3 Å². The van der Waals surface area contributed by atoms with Crippen molar-refractivity contribution in [2.45, 2.75) is 18.0 Å². The molecule has 34 heavy (non-hydrogen) atoms. The van der Waals surface area contributed by atoms with Crippen molar-refractivity contribution >= 4 is 24.0 Å². The third-order valence-corrected chi connectivity index (χ3v) is 7.16. The van der Waals surface area contributed by atoms with E-state index < -0.39 is 0 Å². The van der Waals surface area contributed by atoms with E-state index in [1.807, 2.05) is 18.2 Å². The van der Waals surface area contributed by atoms with Crippen molar-refractivity contribution in [3.63, 3.8) is 0 Å². The number of carbonyl (C=O) groups excluding carboxylic acids is 2. The average Bonchev–Trinajstić information content (AvgIpc) is 2.86. The molecule has 0 spiro atoms. The van der Waals surface area contributed by atoms with Gasteiger partial charge in [-0.3, -0.25) is 14.5 Å². The summed E-state index contributed by atoms with van der Waals surface area (Å²) in [7, 11) is 0. The lowest BCUT2D eigenvalue weighted by molar-refractivity contribution is -0.167. The number of hydrogen-bond acceptors (Lipinski definition) is 5. The molecule has 0 aliphatic carbocycles. The highest BCUT2D eigenvalue weighted by atomic mass is 16.5. The molecule has 0 radical (unpaired) electrons. The maximum Gasteiger partial charge on any atom is 0.242 e. The molecule has 0 saturated carbocycles. The maximum absolute atomic E-state index is 12.9. The van der Waals surface area contributed by atoms with Crippen molar-refractivity contribution in [2.75, 3.05) is 52.5 Å². The third kappa shape index (κ3) is 4.64. The first-order valence-electron chi connectivity index (χ1n) is 12.0. The van der Waals surface area contributed by atoms with Gasteiger partial charge in [-0.05, 0) is 16.7 Å². The monoisotopic (exact) mass is 461 g/mol. The number of piperazine rings is 1. The normalized spacial score (nSPS) is 25.3. The number of amides is 2. The lowest BCUT2D eigenvalue weighted by Gasteiger charge is -2.58. The van der Waals surface area contributed by atoms with Crippen LogP contribution < -0.4 is 0 Å². The van der Waals surface area contributed by atoms with E-state index in [1.54, 1.807) is 9.80 Å². The summed E-state index contributed by atoms with van der Waals surface area (Å²) in [6.07, 6.45) is 4.15. The first kappa shape index (κ1) is 22.8. The molecule has 2 amide bonds. The van der Waals surface area contributed by atoms with Gasteiger partial charge in [0.1, 0.15) is 0 Å². The zero-order chi connectivity index (χ0) is 23.5. The van der Waals surface area contributed by atoms with Crippen molar-refractivity contribution in [1.29, 1.82) is 0 Å². The minimum absolute atomic E-state index is 0.0116. The molecular weight excluding hydrogens is 430 g/mol. The van der Waals surface area contributed by atoms with Crippen LogP contribution in [0.5, 0.6) is 0 Å². The third-order valence-electron chi connectivity index (χ3n) is 7.16. The maximum atomic E-state index is 12.9. The van der Waals surface area contributed by atoms with Crippen LogP contribution in [0.25, 0.3) is 12.2 Å². The van der Waals surface area contributed by atoms with Crippen LogP contribution in [0.15, 0.2) is 54.6 Å². The minimum Gasteiger partial charge on any atom is -0.394 e. The highest BCUT2D eigenvalue weighted by Crippen LogP contribution is 2.43. The number of fused-ring (bicyclic) bond motifs is 1. The molecule has 2 aromatic rings. The van der Waals surface area contributed by atoms with Gasteiger partial charge in [0.25, 0.3) is 0 Å². The van der Waals surface area contributed by atoms with Gasteiger partial charge in [0.15, 0.2) is 0 Å². The molecule has 3 atom stereocenters. The van der Waals surface area contributed by atoms with Gasteiger partial charge in [-0.25, -0.2) is 0 Å². The fourth-order valence-corrected chi connectivity index (χ4v) is 5.33. The molecule has 3 fully saturated rings. The van der Waals surface area contributed by atoms with E-state index in [-0.39, 0.29) is 43.0 Å². The molecule has 5 rings (SSSR count). The first-order valence-corrected chi connectivity index (χ1v) is 12.0. The van der Waals surface area contributed by atoms with Crippen molar-refractivity contribution < 1.29 is 19.4 Å². The van der Waals surface area contributed by atoms with E-state index in [9.17, 15) is 14.7 Å². The second-order valence-electron chi connectivity index (χ2n) is 9.22. The predicted molar refractivity (Wildman–Crippen MR) is 130 cm³/mol. The van der Waals surface area contributed by atoms with E-state index in [2.05, 4.69) is 53.5 Å². The number of nitrogens with zero attached hydrogens (tertiary/aromatic N) is 3. The summed E-state index contributed by atoms with van der Waals surface area (Å²) in [5.74, 6) is -0.0770. The number of aliphatic hydroxyl groups excluding tert-OH is 1. The van der Waals surface area contributed by atoms with Gasteiger partial charge < -0.3 is 19.6 Å². The minimum atomic E-state index is -0.236. The zero-order valence-corrected chi connectivity index (χ0v) is 19.3. The van der Waals surface area contributed by atoms with E-state index >= 15 is 0 Å². The molecular formula is C27H31N3O4. The highest BCUT2D eigenvalue weighted by molar-refractivity contribution is 5.88. The second kappa shape index (κ2) is 10.1. The number of ether oxygens (including phenoxy) is 1. The van der Waals surface area contributed by atoms with Gasteiger partial charge in [0.2, 0.25) is 11.8 Å². The van der Waals surface area contributed by atoms with Crippen LogP contribution in [0.3, 0.4) is 0 Å². The quantitative estimate of drug-likeness (QED) is 0.663. The Morgan fingerprint density at radius 2 is 1.68 bits per heavy atom. The van der Waals surface area contributed by atoms with E-state index in [0.29, 0.717) is 26.3 Å². The Hall–Kier alpha value is -3.00. The molecule has 3 aliphatic rings. The Bertz CT molecular complexity index is 1030. The predicted octanol–water partition coefficient (Wildman–Crippen LogP) is 1.69. The molecule has 178 valence electrons. The van der Waals surface area contributed by atoms with E-state index in [4.69, 9.17) is 4.74 Å². The molecule has 3 heterocycles. The van der Waals surface area contributed by atoms with E-state index in [0.717, 1.165) is 29.8 Å². The molecule has 0 bridgehead atoms. The van der Waals surface area contributed by atoms with Crippen LogP contribution in [0.4, 0.5) is 0 Å². The summed E-state index contributed by atoms with van der Waals surface area (Å²) in [6.45, 7) is 3.59. The van der Waals surface area contributed by atoms with Crippen LogP contribution in [-0.4, -0.2) is 96.2 Å². The average molecular weight is 462 g/mol. The number of aliphatic hydroxyl groups is 1. The fourth-order valence-electron chi connectivity index (χ4n) is 5.33. The Labute approximate surface area is 200 Å². The van der Waals surface area contributed by atoms with Crippen LogP contribution in [0.2, 0.25) is 0 Å². The van der Waals surface area contributed by atoms with Crippen molar-refractivity contribution in [1.82, 2.24) is 14.7 Å². The lowest BCUT2D eigenvalue weighted by atomic mass is 9.73. The standard InChI is InChI=1S/C27H31N3O4/c31-19-24-27(22-10-8-21(9-11-22)7-6-20-4-2-1-3-5-20)23-16-29(18-26(33)30(23)24)25(32)17-28-12-14-34-15-13-28/h1-11,23-24,27,31H,12-19H2/b7-6+/t23-,24+,27+/m0/s1. The SMILES string of the molecule is O=C(CN1CCOCC1)N1CC(=O)N2[C@H](CO)[C@H](c3ccc(/C=C/c4ccccc4)cc3)[C@@H]2C1. The number of rotatable bonds is 6. The van der Waals surface area contributed by atoms with Gasteiger partial charge in [-0.15, -0.1) is 0 Å². The number of benzene rings is 2. The van der Waals surface area contributed by atoms with Crippen LogP contribution in [-0.2, 0) is 14.3 Å². The fraction of sp³-hybridized carbons (Fsp3) is 0.407. The largest absolute Gasteiger partial charge is 0.394 e. The van der Waals surface area contributed by atoms with Crippen molar-refractivity contribution in [2.24, 2.45) is 0 Å². The van der Waals surface area contributed by atoms with Gasteiger partial charge >= 0.3 is 0 Å². The Morgan fingerprint density at radius 1 is 1.00 bits per heavy atom. The number of morpholine rings is 1. The van der Waals surface area contributed by atoms with Crippen LogP contribution >= 0.6 is 0 Å². The summed E-state index contributed by atoms with van der Waals surface area (Å²) in [5.41, 5.74) is 3.32. The van der Waals surface area contributed by atoms with Crippen LogP contribution in [0, 0.1) is 0 Å². The number of hydrogen-bond donors (Lipinski definition) is 1. The molecule has 7 nitrogen and oxygen atoms in total. The van der Waals surface area contributed by atoms with Crippen molar-refractivity contribution in [3.8, 4) is 0 Å². The van der Waals surface area contributed by atoms with Crippen LogP contribution in [0.1, 0.15) is 22.6 Å². The molecule has 3 saturated heterocycles. The molecule has 3 aliphatic heterocycles. The lowest BCUT2D eigenvalue weighted by Crippen LogP contribution is -2.73. The smallest absolute Gasteiger partial charge is 0.242 e. The van der Waals surface area contributed by atoms with Gasteiger partial charge in [-0.2, -0.15) is 0 Å². The van der Waals surface area contributed by atoms with Gasteiger partial charge in [0.05, 0.1) is 45.0 Å². The first-order chi connectivity index (χ1) is 16.6. The number of carbonyl (C=O) groups is 2. The molecule has 0 aromatic heterocycles. The second-order valence-corrected chi connectivity index (χ2v) is 9.22. The summed E-state index contributed by atoms with van der Waals surface area (Å²) < 4.78 is 5.36. The zero-order valence-electron chi connectivity index (χ0n) is 19.3. The molecule has 2 aromatic carbocycles. The Morgan fingerprint density at radius 3 is 2.35 bits per heavy atom. The van der Waals surface area contributed by atoms with E-state index in [1.165, 1.54) is 0 Å². The highest BCUT2D eigenvalue weighted by Gasteiger charge is 2.54. The summed E-state index contributed by atoms with van der Waals surface area (Å²) in [6, 6.07) is 18.1. The summed E-state index contributed by atoms with van der Waals surface area (Å²) in [5, 5.41) is 10.0. The molecule has 0 unspecified atom stereocenters. The molecule has 1 N–H and O–H groups in total. The summed E-state index contributed by atoms with van der Waals surface area (Å²) >= 11 is 0. The topological polar surface area (TPSA) is 73.3 Å². The molecule has 7 heteroatoms. The van der Waals surface area contributed by atoms with Gasteiger partial charge in [0, 0.05) is 25.6 Å². The summed E-state index contributed by atoms with van der Waals surface area (Å²) in [4.78, 5) is 31.4.